The molecule has 0 unspecified atom stereocenters. The normalized spacial score (nSPS) is 11.3. The van der Waals surface area contributed by atoms with E-state index in [2.05, 4.69) is 9.97 Å². The van der Waals surface area contributed by atoms with Crippen LogP contribution in [0.3, 0.4) is 0 Å². The number of carbonyl (C=O) groups is 1. The van der Waals surface area contributed by atoms with Crippen LogP contribution >= 0.6 is 11.3 Å². The molecule has 1 amide bonds. The van der Waals surface area contributed by atoms with Crippen LogP contribution in [0.15, 0.2) is 30.3 Å². The Morgan fingerprint density at radius 3 is 2.59 bits per heavy atom. The largest absolute Gasteiger partial charge is 0.397 e. The summed E-state index contributed by atoms with van der Waals surface area (Å²) in [4.78, 5) is 21.3. The number of amides is 1. The first-order chi connectivity index (χ1) is 10.6. The van der Waals surface area contributed by atoms with Crippen LogP contribution in [0, 0.1) is 6.92 Å². The van der Waals surface area contributed by atoms with Crippen molar-refractivity contribution in [3.8, 4) is 0 Å². The minimum Gasteiger partial charge on any atom is -0.397 e. The zero-order valence-electron chi connectivity index (χ0n) is 11.9. The lowest BCUT2D eigenvalue weighted by Gasteiger charge is -1.99. The maximum atomic E-state index is 11.4. The molecule has 0 bridgehead atoms. The number of fused-ring (bicyclic) bond motifs is 1. The third kappa shape index (κ3) is 2.56. The molecule has 1 aromatic carbocycles. The fraction of sp³-hybridized carbons (Fsp3) is 0.0625. The van der Waals surface area contributed by atoms with Gasteiger partial charge in [0.2, 0.25) is 0 Å². The van der Waals surface area contributed by atoms with E-state index in [0.717, 1.165) is 11.3 Å². The highest BCUT2D eigenvalue weighted by molar-refractivity contribution is 7.21. The highest BCUT2D eigenvalue weighted by Crippen LogP contribution is 2.33. The number of rotatable bonds is 3. The van der Waals surface area contributed by atoms with Gasteiger partial charge in [-0.1, -0.05) is 36.4 Å². The van der Waals surface area contributed by atoms with Gasteiger partial charge in [-0.25, -0.2) is 9.97 Å². The van der Waals surface area contributed by atoms with E-state index in [1.54, 1.807) is 0 Å². The number of primary amides is 1. The van der Waals surface area contributed by atoms with Crippen LogP contribution in [0.2, 0.25) is 0 Å². The number of anilines is 1. The molecule has 22 heavy (non-hydrogen) atoms. The Labute approximate surface area is 131 Å². The Balaban J connectivity index is 2.06. The number of thiophene rings is 1. The molecular formula is C16H14N4OS. The van der Waals surface area contributed by atoms with Crippen molar-refractivity contribution in [2.24, 2.45) is 5.73 Å². The zero-order valence-corrected chi connectivity index (χ0v) is 12.7. The van der Waals surface area contributed by atoms with Crippen LogP contribution in [-0.2, 0) is 0 Å². The molecule has 2 heterocycles. The quantitative estimate of drug-likeness (QED) is 0.777. The summed E-state index contributed by atoms with van der Waals surface area (Å²) in [7, 11) is 0. The molecule has 4 N–H and O–H groups in total. The van der Waals surface area contributed by atoms with Crippen molar-refractivity contribution in [1.29, 1.82) is 0 Å². The fourth-order valence-electron chi connectivity index (χ4n) is 2.21. The Kier molecular flexibility index (Phi) is 3.60. The lowest BCUT2D eigenvalue weighted by Crippen LogP contribution is -2.10. The number of aryl methyl sites for hydroxylation is 1. The van der Waals surface area contributed by atoms with Gasteiger partial charge in [-0.2, -0.15) is 0 Å². The average Bonchev–Trinajstić information content (AvgIpc) is 2.84. The van der Waals surface area contributed by atoms with Gasteiger partial charge in [0, 0.05) is 0 Å². The number of nitrogen functional groups attached to an aromatic ring is 1. The van der Waals surface area contributed by atoms with Crippen molar-refractivity contribution in [3.05, 3.63) is 52.3 Å². The molecule has 5 nitrogen and oxygen atoms in total. The van der Waals surface area contributed by atoms with Crippen molar-refractivity contribution in [1.82, 2.24) is 9.97 Å². The third-order valence-corrected chi connectivity index (χ3v) is 4.35. The lowest BCUT2D eigenvalue weighted by molar-refractivity contribution is 0.100. The van der Waals surface area contributed by atoms with Gasteiger partial charge in [0.25, 0.3) is 5.91 Å². The van der Waals surface area contributed by atoms with E-state index in [0.29, 0.717) is 26.6 Å². The van der Waals surface area contributed by atoms with Gasteiger partial charge in [0.15, 0.2) is 5.82 Å². The summed E-state index contributed by atoms with van der Waals surface area (Å²) in [6, 6.07) is 9.89. The first kappa shape index (κ1) is 14.2. The molecule has 0 aliphatic carbocycles. The second kappa shape index (κ2) is 5.57. The number of nitrogens with two attached hydrogens (primary N) is 2. The molecule has 0 aliphatic rings. The summed E-state index contributed by atoms with van der Waals surface area (Å²) in [5.41, 5.74) is 13.5. The first-order valence-electron chi connectivity index (χ1n) is 6.66. The predicted octanol–water partition coefficient (Wildman–Crippen LogP) is 2.85. The van der Waals surface area contributed by atoms with E-state index < -0.39 is 5.91 Å². The molecule has 0 radical (unpaired) electrons. The molecule has 0 spiro atoms. The Bertz CT molecular complexity index is 884. The second-order valence-electron chi connectivity index (χ2n) is 4.80. The minimum absolute atomic E-state index is 0.330. The number of benzene rings is 1. The smallest absolute Gasteiger partial charge is 0.260 e. The van der Waals surface area contributed by atoms with Gasteiger partial charge < -0.3 is 11.5 Å². The maximum Gasteiger partial charge on any atom is 0.260 e. The van der Waals surface area contributed by atoms with Gasteiger partial charge in [0.1, 0.15) is 9.71 Å². The SMILES string of the molecule is Cc1nc(/C=C/c2ccccc2)nc2sc(C(N)=O)c(N)c12. The molecule has 6 heteroatoms. The molecule has 0 atom stereocenters. The van der Waals surface area contributed by atoms with Crippen LogP contribution < -0.4 is 11.5 Å². The van der Waals surface area contributed by atoms with Gasteiger partial charge >= 0.3 is 0 Å². The maximum absolute atomic E-state index is 11.4. The van der Waals surface area contributed by atoms with Crippen LogP contribution in [0.5, 0.6) is 0 Å². The second-order valence-corrected chi connectivity index (χ2v) is 5.80. The fourth-order valence-corrected chi connectivity index (χ4v) is 3.21. The lowest BCUT2D eigenvalue weighted by atomic mass is 10.2. The number of carbonyl (C=O) groups excluding carboxylic acids is 1. The van der Waals surface area contributed by atoms with E-state index in [1.165, 1.54) is 11.3 Å². The minimum atomic E-state index is -0.540. The number of aromatic nitrogens is 2. The van der Waals surface area contributed by atoms with Gasteiger partial charge in [-0.05, 0) is 18.6 Å². The van der Waals surface area contributed by atoms with E-state index in [9.17, 15) is 4.79 Å². The molecule has 0 saturated carbocycles. The highest BCUT2D eigenvalue weighted by Gasteiger charge is 2.17. The monoisotopic (exact) mass is 310 g/mol. The van der Waals surface area contributed by atoms with E-state index in [4.69, 9.17) is 11.5 Å². The molecule has 3 rings (SSSR count). The summed E-state index contributed by atoms with van der Waals surface area (Å²) in [6.07, 6.45) is 3.77. The van der Waals surface area contributed by atoms with E-state index >= 15 is 0 Å². The van der Waals surface area contributed by atoms with Crippen LogP contribution in [-0.4, -0.2) is 15.9 Å². The predicted molar refractivity (Wildman–Crippen MR) is 90.5 cm³/mol. The summed E-state index contributed by atoms with van der Waals surface area (Å²) >= 11 is 1.20. The molecule has 2 aromatic heterocycles. The van der Waals surface area contributed by atoms with Crippen LogP contribution in [0.25, 0.3) is 22.4 Å². The topological polar surface area (TPSA) is 94.9 Å². The molecule has 110 valence electrons. The Morgan fingerprint density at radius 1 is 1.18 bits per heavy atom. The van der Waals surface area contributed by atoms with Crippen molar-refractivity contribution in [2.75, 3.05) is 5.73 Å². The van der Waals surface area contributed by atoms with E-state index in [-0.39, 0.29) is 0 Å². The first-order valence-corrected chi connectivity index (χ1v) is 7.47. The van der Waals surface area contributed by atoms with Crippen molar-refractivity contribution in [2.45, 2.75) is 6.92 Å². The molecule has 3 aromatic rings. The summed E-state index contributed by atoms with van der Waals surface area (Å²) in [5.74, 6) is 0.0346. The van der Waals surface area contributed by atoms with Crippen molar-refractivity contribution < 1.29 is 4.79 Å². The summed E-state index contributed by atoms with van der Waals surface area (Å²) in [6.45, 7) is 1.84. The standard InChI is InChI=1S/C16H14N4OS/c1-9-12-13(17)14(15(18)21)22-16(12)20-11(19-9)8-7-10-5-3-2-4-6-10/h2-8H,17H2,1H3,(H2,18,21)/b8-7+. The molecule has 0 fully saturated rings. The molecule has 0 aliphatic heterocycles. The van der Waals surface area contributed by atoms with E-state index in [1.807, 2.05) is 49.4 Å². The van der Waals surface area contributed by atoms with Gasteiger partial charge in [0.05, 0.1) is 16.8 Å². The number of hydrogen-bond acceptors (Lipinski definition) is 5. The zero-order chi connectivity index (χ0) is 15.7. The summed E-state index contributed by atoms with van der Waals surface area (Å²) in [5, 5.41) is 0.704. The molecule has 0 saturated heterocycles. The van der Waals surface area contributed by atoms with Crippen molar-refractivity contribution >= 4 is 45.3 Å². The number of hydrogen-bond donors (Lipinski definition) is 2. The van der Waals surface area contributed by atoms with Gasteiger partial charge in [-0.3, -0.25) is 4.79 Å². The Hall–Kier alpha value is -2.73. The third-order valence-electron chi connectivity index (χ3n) is 3.23. The van der Waals surface area contributed by atoms with Crippen LogP contribution in [0.4, 0.5) is 5.69 Å². The molecular weight excluding hydrogens is 296 g/mol. The highest BCUT2D eigenvalue weighted by atomic mass is 32.1. The Morgan fingerprint density at radius 2 is 1.91 bits per heavy atom. The summed E-state index contributed by atoms with van der Waals surface area (Å²) < 4.78 is 0. The van der Waals surface area contributed by atoms with Crippen molar-refractivity contribution in [3.63, 3.8) is 0 Å². The van der Waals surface area contributed by atoms with Crippen LogP contribution in [0.1, 0.15) is 26.8 Å². The number of nitrogens with zero attached hydrogens (tertiary/aromatic N) is 2. The average molecular weight is 310 g/mol. The van der Waals surface area contributed by atoms with Gasteiger partial charge in [-0.15, -0.1) is 11.3 Å².